The number of benzene rings is 1. The van der Waals surface area contributed by atoms with Gasteiger partial charge in [0.15, 0.2) is 6.61 Å². The van der Waals surface area contributed by atoms with Crippen LogP contribution < -0.4 is 5.32 Å². The number of carbonyl (C=O) groups is 3. The molecule has 5 nitrogen and oxygen atoms in total. The quantitative estimate of drug-likeness (QED) is 0.673. The third-order valence-electron chi connectivity index (χ3n) is 2.97. The summed E-state index contributed by atoms with van der Waals surface area (Å²) in [4.78, 5) is 35.1. The van der Waals surface area contributed by atoms with Crippen molar-refractivity contribution >= 4 is 34.7 Å². The summed E-state index contributed by atoms with van der Waals surface area (Å²) >= 11 is 1.22. The highest BCUT2D eigenvalue weighted by Crippen LogP contribution is 2.18. The molecule has 0 radical (unpaired) electrons. The van der Waals surface area contributed by atoms with Gasteiger partial charge in [0.2, 0.25) is 11.7 Å². The molecule has 0 aliphatic rings. The van der Waals surface area contributed by atoms with E-state index in [-0.39, 0.29) is 17.2 Å². The monoisotopic (exact) mass is 335 g/mol. The fraction of sp³-hybridized carbons (Fsp3) is 0.188. The van der Waals surface area contributed by atoms with E-state index in [0.29, 0.717) is 4.88 Å². The highest BCUT2D eigenvalue weighted by molar-refractivity contribution is 7.12. The zero-order valence-electron chi connectivity index (χ0n) is 12.5. The van der Waals surface area contributed by atoms with E-state index in [2.05, 4.69) is 5.32 Å². The Kier molecular flexibility index (Phi) is 5.23. The number of esters is 1. The third-order valence-corrected chi connectivity index (χ3v) is 3.97. The molecular formula is C16H14FNO4S. The standard InChI is InChI=1S/C16H14FNO4S/c1-9-5-6-23-15(9)16(21)22-8-14(20)12-4-3-11(7-13(12)17)18-10(2)19/h3-7H,8H2,1-2H3,(H,18,19). The van der Waals surface area contributed by atoms with Crippen LogP contribution in [0, 0.1) is 12.7 Å². The Balaban J connectivity index is 2.02. The lowest BCUT2D eigenvalue weighted by Crippen LogP contribution is -2.15. The molecule has 0 atom stereocenters. The number of carbonyl (C=O) groups excluding carboxylic acids is 3. The molecule has 0 fully saturated rings. The number of amides is 1. The van der Waals surface area contributed by atoms with E-state index in [9.17, 15) is 18.8 Å². The summed E-state index contributed by atoms with van der Waals surface area (Å²) in [5, 5.41) is 4.16. The molecule has 2 rings (SSSR count). The summed E-state index contributed by atoms with van der Waals surface area (Å²) in [6.45, 7) is 2.50. The highest BCUT2D eigenvalue weighted by Gasteiger charge is 2.17. The average Bonchev–Trinajstić information content (AvgIpc) is 2.90. The number of thiophene rings is 1. The van der Waals surface area contributed by atoms with Crippen molar-refractivity contribution in [2.24, 2.45) is 0 Å². The summed E-state index contributed by atoms with van der Waals surface area (Å²) in [7, 11) is 0. The van der Waals surface area contributed by atoms with Crippen LogP contribution in [0.2, 0.25) is 0 Å². The molecule has 23 heavy (non-hydrogen) atoms. The van der Waals surface area contributed by atoms with Gasteiger partial charge in [0, 0.05) is 12.6 Å². The number of halogens is 1. The first kappa shape index (κ1) is 16.8. The van der Waals surface area contributed by atoms with Crippen molar-refractivity contribution in [3.8, 4) is 0 Å². The van der Waals surface area contributed by atoms with Crippen LogP contribution in [0.1, 0.15) is 32.5 Å². The van der Waals surface area contributed by atoms with Crippen LogP contribution >= 0.6 is 11.3 Å². The zero-order chi connectivity index (χ0) is 17.0. The second-order valence-corrected chi connectivity index (χ2v) is 5.72. The molecule has 0 aliphatic heterocycles. The number of rotatable bonds is 5. The van der Waals surface area contributed by atoms with Gasteiger partial charge in [0.25, 0.3) is 0 Å². The fourth-order valence-electron chi connectivity index (χ4n) is 1.88. The van der Waals surface area contributed by atoms with Crippen LogP contribution in [-0.4, -0.2) is 24.3 Å². The molecule has 1 heterocycles. The second-order valence-electron chi connectivity index (χ2n) is 4.81. The fourth-order valence-corrected chi connectivity index (χ4v) is 2.70. The highest BCUT2D eigenvalue weighted by atomic mass is 32.1. The predicted octanol–water partition coefficient (Wildman–Crippen LogP) is 3.19. The van der Waals surface area contributed by atoms with Gasteiger partial charge in [-0.3, -0.25) is 9.59 Å². The summed E-state index contributed by atoms with van der Waals surface area (Å²) in [6, 6.07) is 5.46. The minimum atomic E-state index is -0.787. The first-order chi connectivity index (χ1) is 10.9. The number of nitrogens with one attached hydrogen (secondary N) is 1. The van der Waals surface area contributed by atoms with Crippen LogP contribution in [0.5, 0.6) is 0 Å². The van der Waals surface area contributed by atoms with Crippen LogP contribution in [-0.2, 0) is 9.53 Å². The molecule has 0 spiro atoms. The van der Waals surface area contributed by atoms with Gasteiger partial charge >= 0.3 is 5.97 Å². The van der Waals surface area contributed by atoms with E-state index < -0.39 is 24.2 Å². The minimum absolute atomic E-state index is 0.199. The van der Waals surface area contributed by atoms with Crippen molar-refractivity contribution in [1.82, 2.24) is 0 Å². The topological polar surface area (TPSA) is 72.5 Å². The molecular weight excluding hydrogens is 321 g/mol. The van der Waals surface area contributed by atoms with Crippen LogP contribution in [0.25, 0.3) is 0 Å². The van der Waals surface area contributed by atoms with E-state index in [4.69, 9.17) is 4.74 Å². The average molecular weight is 335 g/mol. The van der Waals surface area contributed by atoms with Crippen molar-refractivity contribution in [1.29, 1.82) is 0 Å². The second kappa shape index (κ2) is 7.15. The molecule has 1 aromatic heterocycles. The number of aryl methyl sites for hydroxylation is 1. The first-order valence-corrected chi connectivity index (χ1v) is 7.58. The molecule has 0 saturated carbocycles. The molecule has 1 aromatic carbocycles. The van der Waals surface area contributed by atoms with Crippen molar-refractivity contribution in [2.75, 3.05) is 11.9 Å². The van der Waals surface area contributed by atoms with Crippen LogP contribution in [0.4, 0.5) is 10.1 Å². The Bertz CT molecular complexity index is 769. The number of anilines is 1. The first-order valence-electron chi connectivity index (χ1n) is 6.70. The Morgan fingerprint density at radius 1 is 1.26 bits per heavy atom. The molecule has 0 bridgehead atoms. The summed E-state index contributed by atoms with van der Waals surface area (Å²) < 4.78 is 18.8. The van der Waals surface area contributed by atoms with E-state index in [1.165, 1.54) is 30.4 Å². The van der Waals surface area contributed by atoms with Crippen molar-refractivity contribution in [3.05, 3.63) is 51.5 Å². The van der Waals surface area contributed by atoms with Gasteiger partial charge in [-0.2, -0.15) is 0 Å². The van der Waals surface area contributed by atoms with Gasteiger partial charge in [0.1, 0.15) is 10.7 Å². The van der Waals surface area contributed by atoms with Gasteiger partial charge in [-0.15, -0.1) is 11.3 Å². The Morgan fingerprint density at radius 3 is 2.57 bits per heavy atom. The van der Waals surface area contributed by atoms with Crippen molar-refractivity contribution < 1.29 is 23.5 Å². The van der Waals surface area contributed by atoms with Gasteiger partial charge in [-0.25, -0.2) is 9.18 Å². The van der Waals surface area contributed by atoms with E-state index >= 15 is 0 Å². The number of Topliss-reactive ketones (excluding diaryl/α,β-unsaturated/α-hetero) is 1. The predicted molar refractivity (Wildman–Crippen MR) is 84.4 cm³/mol. The molecule has 7 heteroatoms. The zero-order valence-corrected chi connectivity index (χ0v) is 13.3. The van der Waals surface area contributed by atoms with E-state index in [1.54, 1.807) is 18.4 Å². The molecule has 1 amide bonds. The Morgan fingerprint density at radius 2 is 2.00 bits per heavy atom. The number of ether oxygens (including phenoxy) is 1. The smallest absolute Gasteiger partial charge is 0.349 e. The SMILES string of the molecule is CC(=O)Nc1ccc(C(=O)COC(=O)c2sccc2C)c(F)c1. The largest absolute Gasteiger partial charge is 0.453 e. The maximum absolute atomic E-state index is 13.9. The molecule has 0 unspecified atom stereocenters. The van der Waals surface area contributed by atoms with Crippen LogP contribution in [0.3, 0.4) is 0 Å². The lowest BCUT2D eigenvalue weighted by molar-refractivity contribution is -0.114. The molecule has 120 valence electrons. The summed E-state index contributed by atoms with van der Waals surface area (Å²) in [5.74, 6) is -2.39. The normalized spacial score (nSPS) is 10.2. The Hall–Kier alpha value is -2.54. The Labute approximate surface area is 136 Å². The lowest BCUT2D eigenvalue weighted by Gasteiger charge is -2.07. The number of hydrogen-bond acceptors (Lipinski definition) is 5. The number of hydrogen-bond donors (Lipinski definition) is 1. The molecule has 2 aromatic rings. The van der Waals surface area contributed by atoms with Crippen LogP contribution in [0.15, 0.2) is 29.6 Å². The molecule has 1 N–H and O–H groups in total. The number of ketones is 1. The van der Waals surface area contributed by atoms with Gasteiger partial charge in [-0.1, -0.05) is 0 Å². The molecule has 0 aliphatic carbocycles. The lowest BCUT2D eigenvalue weighted by atomic mass is 10.1. The molecule has 0 saturated heterocycles. The minimum Gasteiger partial charge on any atom is -0.453 e. The van der Waals surface area contributed by atoms with E-state index in [1.807, 2.05) is 0 Å². The maximum Gasteiger partial charge on any atom is 0.349 e. The summed E-state index contributed by atoms with van der Waals surface area (Å²) in [6.07, 6.45) is 0. The van der Waals surface area contributed by atoms with Gasteiger partial charge in [-0.05, 0) is 42.1 Å². The summed E-state index contributed by atoms with van der Waals surface area (Å²) in [5.41, 5.74) is 0.811. The van der Waals surface area contributed by atoms with Crippen molar-refractivity contribution in [3.63, 3.8) is 0 Å². The van der Waals surface area contributed by atoms with Crippen molar-refractivity contribution in [2.45, 2.75) is 13.8 Å². The van der Waals surface area contributed by atoms with Gasteiger partial charge < -0.3 is 10.1 Å². The third kappa shape index (κ3) is 4.23. The van der Waals surface area contributed by atoms with Gasteiger partial charge in [0.05, 0.1) is 5.56 Å². The maximum atomic E-state index is 13.9. The van der Waals surface area contributed by atoms with E-state index in [0.717, 1.165) is 11.6 Å².